The molecular weight excluding hydrogens is 349 g/mol. The highest BCUT2D eigenvalue weighted by molar-refractivity contribution is 9.08. The van der Waals surface area contributed by atoms with Gasteiger partial charge in [0.25, 0.3) is 0 Å². The molecule has 1 aromatic carbocycles. The van der Waals surface area contributed by atoms with E-state index in [1.165, 1.54) is 0 Å². The maximum Gasteiger partial charge on any atom is 0.142 e. The molecule has 0 saturated carbocycles. The van der Waals surface area contributed by atoms with Gasteiger partial charge in [0.05, 0.1) is 10.7 Å². The summed E-state index contributed by atoms with van der Waals surface area (Å²) in [5.74, 6) is 0.645. The Morgan fingerprint density at radius 2 is 2.05 bits per heavy atom. The maximum absolute atomic E-state index is 6.16. The third kappa shape index (κ3) is 3.85. The van der Waals surface area contributed by atoms with Crippen molar-refractivity contribution in [3.05, 3.63) is 57.3 Å². The molecule has 0 atom stereocenters. The van der Waals surface area contributed by atoms with Crippen LogP contribution in [0.4, 0.5) is 0 Å². The van der Waals surface area contributed by atoms with Gasteiger partial charge in [-0.05, 0) is 31.2 Å². The second kappa shape index (κ2) is 6.60. The largest absolute Gasteiger partial charge is 0.485 e. The minimum Gasteiger partial charge on any atom is -0.485 e. The minimum atomic E-state index is 0.378. The van der Waals surface area contributed by atoms with Gasteiger partial charge in [-0.25, -0.2) is 0 Å². The average Bonchev–Trinajstić information content (AvgIpc) is 2.37. The second-order valence-electron chi connectivity index (χ2n) is 4.07. The lowest BCUT2D eigenvalue weighted by Gasteiger charge is -2.12. The predicted octanol–water partition coefficient (Wildman–Crippen LogP) is 5.17. The van der Waals surface area contributed by atoms with Gasteiger partial charge in [0, 0.05) is 21.6 Å². The van der Waals surface area contributed by atoms with Crippen molar-refractivity contribution in [2.24, 2.45) is 0 Å². The van der Waals surface area contributed by atoms with Crippen LogP contribution in [0.25, 0.3) is 0 Å². The van der Waals surface area contributed by atoms with Gasteiger partial charge >= 0.3 is 0 Å². The number of hydrogen-bond donors (Lipinski definition) is 0. The van der Waals surface area contributed by atoms with E-state index in [1.54, 1.807) is 6.07 Å². The predicted molar refractivity (Wildman–Crippen MR) is 82.4 cm³/mol. The third-order valence-corrected chi connectivity index (χ3v) is 3.64. The molecule has 0 unspecified atom stereocenters. The zero-order chi connectivity index (χ0) is 13.8. The molecule has 2 nitrogen and oxygen atoms in total. The Bertz CT molecular complexity index is 590. The highest BCUT2D eigenvalue weighted by atomic mass is 79.9. The van der Waals surface area contributed by atoms with Crippen molar-refractivity contribution in [2.45, 2.75) is 18.9 Å². The molecule has 0 aliphatic carbocycles. The number of aryl methyl sites for hydroxylation is 1. The normalized spacial score (nSPS) is 10.5. The summed E-state index contributed by atoms with van der Waals surface area (Å²) in [5.41, 5.74) is 2.75. The third-order valence-electron chi connectivity index (χ3n) is 2.54. The molecular formula is C14H12BrCl2NO. The van der Waals surface area contributed by atoms with Crippen LogP contribution in [0.3, 0.4) is 0 Å². The number of benzene rings is 1. The second-order valence-corrected chi connectivity index (χ2v) is 5.47. The fourth-order valence-corrected chi connectivity index (χ4v) is 2.71. The van der Waals surface area contributed by atoms with E-state index in [1.807, 2.05) is 31.2 Å². The lowest BCUT2D eigenvalue weighted by Crippen LogP contribution is -2.01. The van der Waals surface area contributed by atoms with Crippen LogP contribution < -0.4 is 4.74 Å². The lowest BCUT2D eigenvalue weighted by atomic mass is 10.2. The van der Waals surface area contributed by atoms with Crippen molar-refractivity contribution in [2.75, 3.05) is 0 Å². The Labute approximate surface area is 130 Å². The maximum atomic E-state index is 6.16. The van der Waals surface area contributed by atoms with Gasteiger partial charge in [-0.3, -0.25) is 4.98 Å². The van der Waals surface area contributed by atoms with Crippen molar-refractivity contribution < 1.29 is 4.74 Å². The molecule has 1 aromatic heterocycles. The van der Waals surface area contributed by atoms with Gasteiger partial charge in [0.15, 0.2) is 0 Å². The van der Waals surface area contributed by atoms with E-state index in [0.29, 0.717) is 27.7 Å². The number of alkyl halides is 1. The molecule has 0 fully saturated rings. The molecule has 2 aromatic rings. The topological polar surface area (TPSA) is 22.1 Å². The Hall–Kier alpha value is -0.770. The van der Waals surface area contributed by atoms with E-state index in [-0.39, 0.29) is 0 Å². The van der Waals surface area contributed by atoms with Crippen molar-refractivity contribution in [1.82, 2.24) is 4.98 Å². The van der Waals surface area contributed by atoms with Crippen LogP contribution in [0, 0.1) is 6.92 Å². The fourth-order valence-electron chi connectivity index (χ4n) is 1.70. The summed E-state index contributed by atoms with van der Waals surface area (Å²) < 4.78 is 5.77. The highest BCUT2D eigenvalue weighted by Crippen LogP contribution is 2.34. The standard InChI is InChI=1S/C14H12BrCl2NO/c1-9-3-2-4-12(18-9)8-19-14-10(7-15)5-11(16)6-13(14)17/h2-6H,7-8H2,1H3. The Morgan fingerprint density at radius 3 is 2.74 bits per heavy atom. The van der Waals surface area contributed by atoms with Crippen LogP contribution in [0.5, 0.6) is 5.75 Å². The quantitative estimate of drug-likeness (QED) is 0.701. The van der Waals surface area contributed by atoms with E-state index in [2.05, 4.69) is 20.9 Å². The number of halogens is 3. The number of ether oxygens (including phenoxy) is 1. The molecule has 0 aliphatic rings. The first kappa shape index (κ1) is 14.6. The molecule has 100 valence electrons. The average molecular weight is 361 g/mol. The summed E-state index contributed by atoms with van der Waals surface area (Å²) in [5, 5.41) is 1.74. The van der Waals surface area contributed by atoms with E-state index < -0.39 is 0 Å². The molecule has 0 bridgehead atoms. The van der Waals surface area contributed by atoms with Crippen LogP contribution in [0.15, 0.2) is 30.3 Å². The molecule has 0 saturated heterocycles. The van der Waals surface area contributed by atoms with E-state index >= 15 is 0 Å². The summed E-state index contributed by atoms with van der Waals surface area (Å²) in [6.45, 7) is 2.33. The smallest absolute Gasteiger partial charge is 0.142 e. The molecule has 0 N–H and O–H groups in total. The molecule has 0 spiro atoms. The number of nitrogens with zero attached hydrogens (tertiary/aromatic N) is 1. The minimum absolute atomic E-state index is 0.378. The molecule has 19 heavy (non-hydrogen) atoms. The van der Waals surface area contributed by atoms with Gasteiger partial charge in [0.2, 0.25) is 0 Å². The number of pyridine rings is 1. The van der Waals surface area contributed by atoms with E-state index in [9.17, 15) is 0 Å². The monoisotopic (exact) mass is 359 g/mol. The number of aromatic nitrogens is 1. The molecule has 0 amide bonds. The lowest BCUT2D eigenvalue weighted by molar-refractivity contribution is 0.299. The summed E-state index contributed by atoms with van der Waals surface area (Å²) in [6.07, 6.45) is 0. The molecule has 2 rings (SSSR count). The Balaban J connectivity index is 2.19. The van der Waals surface area contributed by atoms with Gasteiger partial charge in [0.1, 0.15) is 12.4 Å². The van der Waals surface area contributed by atoms with Crippen molar-refractivity contribution in [3.63, 3.8) is 0 Å². The van der Waals surface area contributed by atoms with Gasteiger partial charge in [-0.15, -0.1) is 0 Å². The van der Waals surface area contributed by atoms with E-state index in [0.717, 1.165) is 17.0 Å². The van der Waals surface area contributed by atoms with Gasteiger partial charge < -0.3 is 4.74 Å². The number of hydrogen-bond acceptors (Lipinski definition) is 2. The molecule has 5 heteroatoms. The Morgan fingerprint density at radius 1 is 1.26 bits per heavy atom. The first-order valence-corrected chi connectivity index (χ1v) is 7.57. The summed E-state index contributed by atoms with van der Waals surface area (Å²) in [4.78, 5) is 4.39. The molecule has 0 radical (unpaired) electrons. The van der Waals surface area contributed by atoms with Gasteiger partial charge in [-0.1, -0.05) is 45.2 Å². The van der Waals surface area contributed by atoms with Crippen LogP contribution in [-0.2, 0) is 11.9 Å². The number of rotatable bonds is 4. The first-order chi connectivity index (χ1) is 9.10. The van der Waals surface area contributed by atoms with E-state index in [4.69, 9.17) is 27.9 Å². The first-order valence-electron chi connectivity index (χ1n) is 5.69. The molecule has 0 aliphatic heterocycles. The van der Waals surface area contributed by atoms with Crippen LogP contribution in [-0.4, -0.2) is 4.98 Å². The van der Waals surface area contributed by atoms with Crippen molar-refractivity contribution in [1.29, 1.82) is 0 Å². The zero-order valence-electron chi connectivity index (χ0n) is 10.3. The molecule has 1 heterocycles. The van der Waals surface area contributed by atoms with Crippen LogP contribution in [0.2, 0.25) is 10.0 Å². The summed E-state index contributed by atoms with van der Waals surface area (Å²) in [6, 6.07) is 9.33. The zero-order valence-corrected chi connectivity index (χ0v) is 13.4. The summed E-state index contributed by atoms with van der Waals surface area (Å²) >= 11 is 15.5. The highest BCUT2D eigenvalue weighted by Gasteiger charge is 2.10. The van der Waals surface area contributed by atoms with Crippen LogP contribution >= 0.6 is 39.1 Å². The summed E-state index contributed by atoms with van der Waals surface area (Å²) in [7, 11) is 0. The fraction of sp³-hybridized carbons (Fsp3) is 0.214. The van der Waals surface area contributed by atoms with Gasteiger partial charge in [-0.2, -0.15) is 0 Å². The van der Waals surface area contributed by atoms with Crippen molar-refractivity contribution >= 4 is 39.1 Å². The van der Waals surface area contributed by atoms with Crippen molar-refractivity contribution in [3.8, 4) is 5.75 Å². The van der Waals surface area contributed by atoms with Crippen LogP contribution in [0.1, 0.15) is 17.0 Å². The Kier molecular flexibility index (Phi) is 5.08. The SMILES string of the molecule is Cc1cccc(COc2c(Cl)cc(Cl)cc2CBr)n1.